The highest BCUT2D eigenvalue weighted by molar-refractivity contribution is 7.99. The number of thioether (sulfide) groups is 2. The number of alkyl carbamates (subject to hydrolysis) is 1. The van der Waals surface area contributed by atoms with Crippen molar-refractivity contribution in [1.82, 2.24) is 10.6 Å². The highest BCUT2D eigenvalue weighted by Gasteiger charge is 2.27. The van der Waals surface area contributed by atoms with E-state index in [1.54, 1.807) is 11.8 Å². The molecule has 29 heavy (non-hydrogen) atoms. The van der Waals surface area contributed by atoms with E-state index in [9.17, 15) is 14.4 Å². The standard InChI is InChI=1S/C21H32N2O4S2/c1-15(2)12-18(23-21(26)27-13-16-8-6-5-7-9-16)20(25)22-17(10-11-28-3)19(24)14-29-4/h5-9,15,17-18H,10-14H2,1-4H3,(H,22,25)(H,23,26)/t17-,18-/m0/s1. The van der Waals surface area contributed by atoms with E-state index in [1.165, 1.54) is 11.8 Å². The van der Waals surface area contributed by atoms with Crippen LogP contribution in [-0.4, -0.2) is 53.9 Å². The molecule has 162 valence electrons. The van der Waals surface area contributed by atoms with E-state index in [0.717, 1.165) is 11.3 Å². The van der Waals surface area contributed by atoms with Crippen LogP contribution < -0.4 is 10.6 Å². The van der Waals surface area contributed by atoms with E-state index in [0.29, 0.717) is 18.6 Å². The summed E-state index contributed by atoms with van der Waals surface area (Å²) in [5.41, 5.74) is 0.868. The molecule has 0 spiro atoms. The SMILES string of the molecule is CSCC[C@H](NC(=O)[C@H](CC(C)C)NC(=O)OCc1ccccc1)C(=O)CSC. The molecule has 0 aliphatic heterocycles. The molecule has 0 unspecified atom stereocenters. The molecule has 0 saturated carbocycles. The fourth-order valence-electron chi connectivity index (χ4n) is 2.67. The number of hydrogen-bond acceptors (Lipinski definition) is 6. The molecule has 2 atom stereocenters. The van der Waals surface area contributed by atoms with Crippen molar-refractivity contribution in [2.75, 3.05) is 24.0 Å². The molecule has 0 saturated heterocycles. The molecule has 0 heterocycles. The molecule has 0 fully saturated rings. The Morgan fingerprint density at radius 1 is 1.00 bits per heavy atom. The minimum atomic E-state index is -0.753. The van der Waals surface area contributed by atoms with Crippen LogP contribution in [-0.2, 0) is 20.9 Å². The number of Topliss-reactive ketones (excluding diaryl/α,β-unsaturated/α-hetero) is 1. The number of ketones is 1. The quantitative estimate of drug-likeness (QED) is 0.488. The molecule has 1 rings (SSSR count). The monoisotopic (exact) mass is 440 g/mol. The largest absolute Gasteiger partial charge is 0.445 e. The lowest BCUT2D eigenvalue weighted by molar-refractivity contribution is -0.128. The molecule has 0 bridgehead atoms. The number of carbonyl (C=O) groups excluding carboxylic acids is 3. The maximum Gasteiger partial charge on any atom is 0.408 e. The van der Waals surface area contributed by atoms with Gasteiger partial charge in [0.1, 0.15) is 12.6 Å². The first-order valence-corrected chi connectivity index (χ1v) is 12.4. The summed E-state index contributed by atoms with van der Waals surface area (Å²) in [6.07, 6.45) is 4.20. The first-order valence-electron chi connectivity index (χ1n) is 9.65. The van der Waals surface area contributed by atoms with E-state index in [2.05, 4.69) is 10.6 Å². The van der Waals surface area contributed by atoms with Crippen LogP contribution in [0.1, 0.15) is 32.3 Å². The van der Waals surface area contributed by atoms with Gasteiger partial charge in [0, 0.05) is 0 Å². The van der Waals surface area contributed by atoms with E-state index >= 15 is 0 Å². The number of benzene rings is 1. The lowest BCUT2D eigenvalue weighted by Gasteiger charge is -2.23. The minimum Gasteiger partial charge on any atom is -0.445 e. The molecule has 0 radical (unpaired) electrons. The van der Waals surface area contributed by atoms with Gasteiger partial charge in [-0.1, -0.05) is 44.2 Å². The third kappa shape index (κ3) is 10.6. The van der Waals surface area contributed by atoms with E-state index in [4.69, 9.17) is 4.74 Å². The lowest BCUT2D eigenvalue weighted by Crippen LogP contribution is -2.52. The predicted molar refractivity (Wildman–Crippen MR) is 121 cm³/mol. The Labute approximate surface area is 182 Å². The maximum atomic E-state index is 12.8. The number of ether oxygens (including phenoxy) is 1. The fourth-order valence-corrected chi connectivity index (χ4v) is 3.63. The van der Waals surface area contributed by atoms with E-state index in [1.807, 2.05) is 56.7 Å². The molecule has 0 aliphatic rings. The number of nitrogens with one attached hydrogen (secondary N) is 2. The Morgan fingerprint density at radius 3 is 2.28 bits per heavy atom. The smallest absolute Gasteiger partial charge is 0.408 e. The van der Waals surface area contributed by atoms with Gasteiger partial charge in [-0.3, -0.25) is 9.59 Å². The molecule has 0 aromatic heterocycles. The molecule has 6 nitrogen and oxygen atoms in total. The normalized spacial score (nSPS) is 12.9. The molecule has 1 aromatic rings. The zero-order valence-corrected chi connectivity index (χ0v) is 19.2. The van der Waals surface area contributed by atoms with E-state index < -0.39 is 18.2 Å². The average Bonchev–Trinajstić information content (AvgIpc) is 2.69. The Kier molecular flexibility index (Phi) is 12.5. The summed E-state index contributed by atoms with van der Waals surface area (Å²) >= 11 is 3.06. The van der Waals surface area contributed by atoms with Gasteiger partial charge in [-0.15, -0.1) is 0 Å². The van der Waals surface area contributed by atoms with Gasteiger partial charge in [0.25, 0.3) is 0 Å². The van der Waals surface area contributed by atoms with Crippen molar-refractivity contribution in [3.63, 3.8) is 0 Å². The Balaban J connectivity index is 2.71. The first-order chi connectivity index (χ1) is 13.9. The zero-order chi connectivity index (χ0) is 21.6. The third-order valence-electron chi connectivity index (χ3n) is 4.13. The number of amides is 2. The van der Waals surface area contributed by atoms with Gasteiger partial charge in [0.2, 0.25) is 5.91 Å². The van der Waals surface area contributed by atoms with Crippen LogP contribution in [0, 0.1) is 5.92 Å². The Morgan fingerprint density at radius 2 is 1.69 bits per heavy atom. The van der Waals surface area contributed by atoms with Crippen LogP contribution in [0.4, 0.5) is 4.79 Å². The summed E-state index contributed by atoms with van der Waals surface area (Å²) in [6, 6.07) is 8.05. The molecule has 1 aromatic carbocycles. The van der Waals surface area contributed by atoms with Gasteiger partial charge < -0.3 is 15.4 Å². The molecule has 2 N–H and O–H groups in total. The second-order valence-corrected chi connectivity index (χ2v) is 8.98. The third-order valence-corrected chi connectivity index (χ3v) is 5.35. The molecular weight excluding hydrogens is 408 g/mol. The zero-order valence-electron chi connectivity index (χ0n) is 17.6. The van der Waals surface area contributed by atoms with Crippen LogP contribution in [0.25, 0.3) is 0 Å². The van der Waals surface area contributed by atoms with Gasteiger partial charge in [-0.2, -0.15) is 23.5 Å². The van der Waals surface area contributed by atoms with Crippen molar-refractivity contribution >= 4 is 41.3 Å². The highest BCUT2D eigenvalue weighted by atomic mass is 32.2. The van der Waals surface area contributed by atoms with Gasteiger partial charge in [-0.05, 0) is 42.6 Å². The van der Waals surface area contributed by atoms with Crippen molar-refractivity contribution < 1.29 is 19.1 Å². The predicted octanol–water partition coefficient (Wildman–Crippen LogP) is 3.50. The second kappa shape index (κ2) is 14.3. The van der Waals surface area contributed by atoms with Crippen molar-refractivity contribution in [2.45, 2.75) is 45.4 Å². The van der Waals surface area contributed by atoms with Crippen LogP contribution in [0.2, 0.25) is 0 Å². The molecular formula is C21H32N2O4S2. The highest BCUT2D eigenvalue weighted by Crippen LogP contribution is 2.10. The van der Waals surface area contributed by atoms with Gasteiger partial charge in [-0.25, -0.2) is 4.79 Å². The van der Waals surface area contributed by atoms with Gasteiger partial charge >= 0.3 is 6.09 Å². The van der Waals surface area contributed by atoms with Crippen molar-refractivity contribution in [3.05, 3.63) is 35.9 Å². The van der Waals surface area contributed by atoms with Crippen LogP contribution in [0.3, 0.4) is 0 Å². The van der Waals surface area contributed by atoms with Crippen LogP contribution >= 0.6 is 23.5 Å². The molecule has 8 heteroatoms. The van der Waals surface area contributed by atoms with Crippen LogP contribution in [0.15, 0.2) is 30.3 Å². The van der Waals surface area contributed by atoms with Crippen molar-refractivity contribution in [1.29, 1.82) is 0 Å². The van der Waals surface area contributed by atoms with Gasteiger partial charge in [0.15, 0.2) is 5.78 Å². The second-order valence-electron chi connectivity index (χ2n) is 7.13. The van der Waals surface area contributed by atoms with Gasteiger partial charge in [0.05, 0.1) is 11.8 Å². The molecule has 2 amide bonds. The Bertz CT molecular complexity index is 641. The number of carbonyl (C=O) groups is 3. The van der Waals surface area contributed by atoms with Crippen molar-refractivity contribution in [2.24, 2.45) is 5.92 Å². The summed E-state index contributed by atoms with van der Waals surface area (Å²) in [6.45, 7) is 4.08. The number of rotatable bonds is 13. The Hall–Kier alpha value is -1.67. The topological polar surface area (TPSA) is 84.5 Å². The lowest BCUT2D eigenvalue weighted by atomic mass is 10.0. The minimum absolute atomic E-state index is 0.00477. The molecule has 0 aliphatic carbocycles. The summed E-state index contributed by atoms with van der Waals surface area (Å²) in [5.74, 6) is 0.949. The summed E-state index contributed by atoms with van der Waals surface area (Å²) < 4.78 is 5.24. The first kappa shape index (κ1) is 25.4. The summed E-state index contributed by atoms with van der Waals surface area (Å²) in [5, 5.41) is 5.49. The summed E-state index contributed by atoms with van der Waals surface area (Å²) in [7, 11) is 0. The van der Waals surface area contributed by atoms with Crippen LogP contribution in [0.5, 0.6) is 0 Å². The fraction of sp³-hybridized carbons (Fsp3) is 0.571. The summed E-state index contributed by atoms with van der Waals surface area (Å²) in [4.78, 5) is 37.4. The number of hydrogen-bond donors (Lipinski definition) is 2. The maximum absolute atomic E-state index is 12.8. The average molecular weight is 441 g/mol. The van der Waals surface area contributed by atoms with Crippen molar-refractivity contribution in [3.8, 4) is 0 Å². The van der Waals surface area contributed by atoms with E-state index in [-0.39, 0.29) is 24.2 Å².